The summed E-state index contributed by atoms with van der Waals surface area (Å²) in [5.74, 6) is -0.526. The number of aromatic nitrogens is 4. The Hall–Kier alpha value is -3.53. The first-order valence-corrected chi connectivity index (χ1v) is 9.07. The van der Waals surface area contributed by atoms with Crippen molar-refractivity contribution in [2.75, 3.05) is 18.6 Å². The molecule has 0 spiro atoms. The summed E-state index contributed by atoms with van der Waals surface area (Å²) in [5.41, 5.74) is 2.96. The first-order valence-electron chi connectivity index (χ1n) is 9.07. The molecule has 0 radical (unpaired) electrons. The highest BCUT2D eigenvalue weighted by atomic mass is 17.2. The van der Waals surface area contributed by atoms with Gasteiger partial charge in [0.25, 0.3) is 0 Å². The third kappa shape index (κ3) is 4.16. The predicted octanol–water partition coefficient (Wildman–Crippen LogP) is 1.57. The van der Waals surface area contributed by atoms with E-state index in [0.29, 0.717) is 29.9 Å². The minimum Gasteiger partial charge on any atom is -0.474 e. The number of carbonyl (C=O) groups is 2. The number of anilines is 1. The van der Waals surface area contributed by atoms with Crippen molar-refractivity contribution in [3.8, 4) is 5.88 Å². The topological polar surface area (TPSA) is 120 Å². The number of nitrogens with zero attached hydrogens (tertiary/aromatic N) is 4. The molecule has 1 N–H and O–H groups in total. The number of pyridine rings is 2. The Kier molecular flexibility index (Phi) is 5.34. The van der Waals surface area contributed by atoms with Crippen molar-refractivity contribution in [3.05, 3.63) is 42.4 Å². The molecule has 10 heteroatoms. The molecule has 0 bridgehead atoms. The first kappa shape index (κ1) is 18.8. The second-order valence-electron chi connectivity index (χ2n) is 6.54. The van der Waals surface area contributed by atoms with Crippen LogP contribution >= 0.6 is 0 Å². The fourth-order valence-electron chi connectivity index (χ4n) is 3.30. The van der Waals surface area contributed by atoms with Gasteiger partial charge in [0.05, 0.1) is 30.9 Å². The number of hydrogen-bond donors (Lipinski definition) is 1. The summed E-state index contributed by atoms with van der Waals surface area (Å²) >= 11 is 0. The number of amides is 1. The van der Waals surface area contributed by atoms with Gasteiger partial charge >= 0.3 is 5.97 Å². The third-order valence-corrected chi connectivity index (χ3v) is 4.63. The zero-order valence-corrected chi connectivity index (χ0v) is 15.7. The normalized spacial score (nSPS) is 16.8. The lowest BCUT2D eigenvalue weighted by Gasteiger charge is -2.29. The largest absolute Gasteiger partial charge is 0.474 e. The lowest BCUT2D eigenvalue weighted by Crippen LogP contribution is -2.41. The summed E-state index contributed by atoms with van der Waals surface area (Å²) in [7, 11) is 1.23. The summed E-state index contributed by atoms with van der Waals surface area (Å²) in [6.07, 6.45) is 5.80. The van der Waals surface area contributed by atoms with Gasteiger partial charge in [-0.1, -0.05) is 0 Å². The van der Waals surface area contributed by atoms with Crippen LogP contribution in [0.15, 0.2) is 36.8 Å². The average Bonchev–Trinajstić information content (AvgIpc) is 3.18. The lowest BCUT2D eigenvalue weighted by molar-refractivity contribution is -0.253. The molecular formula is C19H19N5O5. The number of nitrogens with one attached hydrogen (secondary N) is 1. The number of aromatic amines is 1. The van der Waals surface area contributed by atoms with Crippen LogP contribution in [0.1, 0.15) is 18.4 Å². The molecule has 10 nitrogen and oxygen atoms in total. The summed E-state index contributed by atoms with van der Waals surface area (Å²) in [5, 5.41) is 6.77. The van der Waals surface area contributed by atoms with Crippen LogP contribution in [-0.2, 0) is 25.8 Å². The zero-order valence-electron chi connectivity index (χ0n) is 15.7. The van der Waals surface area contributed by atoms with Crippen LogP contribution in [-0.4, -0.2) is 51.8 Å². The van der Waals surface area contributed by atoms with Crippen LogP contribution in [0.4, 0.5) is 5.69 Å². The Balaban J connectivity index is 1.57. The van der Waals surface area contributed by atoms with E-state index >= 15 is 0 Å². The molecule has 0 aliphatic carbocycles. The number of aryl methyl sites for hydroxylation is 1. The van der Waals surface area contributed by atoms with Crippen LogP contribution < -0.4 is 9.64 Å². The molecule has 0 aromatic carbocycles. The van der Waals surface area contributed by atoms with E-state index in [1.165, 1.54) is 12.0 Å². The van der Waals surface area contributed by atoms with E-state index in [0.717, 1.165) is 11.1 Å². The van der Waals surface area contributed by atoms with Gasteiger partial charge in [0.15, 0.2) is 0 Å². The zero-order chi connectivity index (χ0) is 20.2. The van der Waals surface area contributed by atoms with Crippen molar-refractivity contribution in [2.45, 2.75) is 25.4 Å². The van der Waals surface area contributed by atoms with Gasteiger partial charge in [-0.25, -0.2) is 9.78 Å². The van der Waals surface area contributed by atoms with Crippen molar-refractivity contribution in [2.24, 2.45) is 0 Å². The van der Waals surface area contributed by atoms with Gasteiger partial charge in [-0.15, -0.1) is 0 Å². The Morgan fingerprint density at radius 3 is 3.07 bits per heavy atom. The maximum absolute atomic E-state index is 13.0. The Morgan fingerprint density at radius 1 is 1.31 bits per heavy atom. The molecule has 1 aliphatic heterocycles. The van der Waals surface area contributed by atoms with Gasteiger partial charge < -0.3 is 9.64 Å². The molecule has 3 aromatic rings. The monoisotopic (exact) mass is 397 g/mol. The molecule has 29 heavy (non-hydrogen) atoms. The van der Waals surface area contributed by atoms with Crippen molar-refractivity contribution < 1.29 is 24.1 Å². The third-order valence-electron chi connectivity index (χ3n) is 4.63. The smallest absolute Gasteiger partial charge is 0.361 e. The molecule has 150 valence electrons. The number of hydrogen-bond acceptors (Lipinski definition) is 8. The van der Waals surface area contributed by atoms with Crippen molar-refractivity contribution in [3.63, 3.8) is 0 Å². The lowest BCUT2D eigenvalue weighted by atomic mass is 10.0. The van der Waals surface area contributed by atoms with Crippen LogP contribution in [0.2, 0.25) is 0 Å². The van der Waals surface area contributed by atoms with Crippen molar-refractivity contribution in [1.82, 2.24) is 20.2 Å². The van der Waals surface area contributed by atoms with Crippen LogP contribution in [0.5, 0.6) is 5.88 Å². The molecule has 4 heterocycles. The summed E-state index contributed by atoms with van der Waals surface area (Å²) in [6, 6.07) is 5.26. The Morgan fingerprint density at radius 2 is 2.21 bits per heavy atom. The van der Waals surface area contributed by atoms with E-state index in [1.54, 1.807) is 30.7 Å². The molecule has 0 fully saturated rings. The number of ether oxygens (including phenoxy) is 1. The molecule has 0 saturated heterocycles. The standard InChI is InChI=1S/C19H19N5O5/c1-27-29-19(26)11-24-16-6-7-20-9-12(16)2-3-13(8-18(24)25)28-17-5-4-14-15(22-17)10-21-23-14/h4-7,9-10,13H,2-3,8,11H2,1H3,(H,21,23). The van der Waals surface area contributed by atoms with Gasteiger partial charge in [0.2, 0.25) is 11.8 Å². The van der Waals surface area contributed by atoms with Gasteiger partial charge in [0.1, 0.15) is 18.2 Å². The van der Waals surface area contributed by atoms with Gasteiger partial charge in [-0.2, -0.15) is 9.99 Å². The van der Waals surface area contributed by atoms with E-state index in [1.807, 2.05) is 6.07 Å². The number of fused-ring (bicyclic) bond motifs is 2. The first-order chi connectivity index (χ1) is 14.1. The Labute approximate surface area is 165 Å². The molecule has 3 aromatic heterocycles. The SMILES string of the molecule is COOC(=O)CN1C(=O)CC(Oc2ccc3[nH]ncc3n2)CCc2cnccc21. The molecule has 1 atom stereocenters. The maximum Gasteiger partial charge on any atom is 0.361 e. The minimum absolute atomic E-state index is 0.0904. The van der Waals surface area contributed by atoms with Crippen molar-refractivity contribution in [1.29, 1.82) is 0 Å². The van der Waals surface area contributed by atoms with Gasteiger partial charge in [0, 0.05) is 18.5 Å². The van der Waals surface area contributed by atoms with Crippen LogP contribution in [0.3, 0.4) is 0 Å². The molecular weight excluding hydrogens is 378 g/mol. The summed E-state index contributed by atoms with van der Waals surface area (Å²) in [6.45, 7) is -0.268. The predicted molar refractivity (Wildman–Crippen MR) is 101 cm³/mol. The highest BCUT2D eigenvalue weighted by molar-refractivity contribution is 5.98. The second-order valence-corrected chi connectivity index (χ2v) is 6.54. The van der Waals surface area contributed by atoms with Crippen molar-refractivity contribution >= 4 is 28.6 Å². The number of rotatable bonds is 5. The van der Waals surface area contributed by atoms with E-state index in [2.05, 4.69) is 29.9 Å². The van der Waals surface area contributed by atoms with Gasteiger partial charge in [-0.05, 0) is 30.5 Å². The highest BCUT2D eigenvalue weighted by Gasteiger charge is 2.29. The summed E-state index contributed by atoms with van der Waals surface area (Å²) < 4.78 is 5.99. The highest BCUT2D eigenvalue weighted by Crippen LogP contribution is 2.27. The fourth-order valence-corrected chi connectivity index (χ4v) is 3.30. The van der Waals surface area contributed by atoms with E-state index in [4.69, 9.17) is 4.74 Å². The minimum atomic E-state index is -0.672. The quantitative estimate of drug-likeness (QED) is 0.509. The second kappa shape index (κ2) is 8.23. The van der Waals surface area contributed by atoms with Crippen LogP contribution in [0, 0.1) is 0 Å². The van der Waals surface area contributed by atoms with Crippen LogP contribution in [0.25, 0.3) is 11.0 Å². The number of H-pyrrole nitrogens is 1. The molecule has 1 aliphatic rings. The molecule has 1 amide bonds. The van der Waals surface area contributed by atoms with E-state index < -0.39 is 12.1 Å². The molecule has 1 unspecified atom stereocenters. The average molecular weight is 397 g/mol. The maximum atomic E-state index is 13.0. The Bertz CT molecular complexity index is 1040. The molecule has 0 saturated carbocycles. The van der Waals surface area contributed by atoms with E-state index in [-0.39, 0.29) is 18.9 Å². The molecule has 4 rings (SSSR count). The fraction of sp³-hybridized carbons (Fsp3) is 0.316. The summed E-state index contributed by atoms with van der Waals surface area (Å²) in [4.78, 5) is 43.8. The number of carbonyl (C=O) groups excluding carboxylic acids is 2. The van der Waals surface area contributed by atoms with Gasteiger partial charge in [-0.3, -0.25) is 19.8 Å². The van der Waals surface area contributed by atoms with E-state index in [9.17, 15) is 9.59 Å².